The fourth-order valence-electron chi connectivity index (χ4n) is 2.55. The number of fused-ring (bicyclic) bond motifs is 3. The molecule has 1 aromatic carbocycles. The normalized spacial score (nSPS) is 20.5. The van der Waals surface area contributed by atoms with Gasteiger partial charge in [0.1, 0.15) is 6.04 Å². The molecule has 2 heterocycles. The lowest BCUT2D eigenvalue weighted by Gasteiger charge is -2.12. The van der Waals surface area contributed by atoms with Gasteiger partial charge in [-0.2, -0.15) is 0 Å². The van der Waals surface area contributed by atoms with Crippen molar-refractivity contribution in [2.75, 3.05) is 0 Å². The van der Waals surface area contributed by atoms with Crippen LogP contribution >= 0.6 is 0 Å². The van der Waals surface area contributed by atoms with Gasteiger partial charge < -0.3 is 5.32 Å². The number of aromatic nitrogens is 1. The van der Waals surface area contributed by atoms with Gasteiger partial charge in [0.25, 0.3) is 0 Å². The Labute approximate surface area is 92.5 Å². The molecule has 4 rings (SSSR count). The predicted molar refractivity (Wildman–Crippen MR) is 64.1 cm³/mol. The molecule has 0 spiro atoms. The molecule has 0 saturated carbocycles. The molecular weight excluding hydrogens is 198 g/mol. The third-order valence-electron chi connectivity index (χ3n) is 3.22. The van der Waals surface area contributed by atoms with Crippen molar-refractivity contribution in [1.29, 1.82) is 0 Å². The van der Waals surface area contributed by atoms with Crippen molar-refractivity contribution in [1.82, 2.24) is 10.3 Å². The minimum atomic E-state index is 0.134. The lowest BCUT2D eigenvalue weighted by molar-refractivity contribution is 0.930. The maximum atomic E-state index is 4.49. The molecule has 2 aromatic rings. The fourth-order valence-corrected chi connectivity index (χ4v) is 2.55. The van der Waals surface area contributed by atoms with Crippen LogP contribution in [0.4, 0.5) is 0 Å². The predicted octanol–water partition coefficient (Wildman–Crippen LogP) is 2.26. The monoisotopic (exact) mass is 207 g/mol. The molecule has 1 aromatic heterocycles. The van der Waals surface area contributed by atoms with Crippen molar-refractivity contribution in [3.63, 3.8) is 0 Å². The number of nitrogens with zero attached hydrogens (tertiary/aromatic N) is 2. The van der Waals surface area contributed by atoms with E-state index >= 15 is 0 Å². The fraction of sp³-hybridized carbons (Fsp3) is 0.0769. The van der Waals surface area contributed by atoms with E-state index in [0.29, 0.717) is 0 Å². The highest BCUT2D eigenvalue weighted by atomic mass is 15.0. The van der Waals surface area contributed by atoms with E-state index in [-0.39, 0.29) is 6.04 Å². The largest absolute Gasteiger partial charge is 0.353 e. The number of benzene rings is 1. The number of hydrogen-bond acceptors (Lipinski definition) is 3. The Kier molecular flexibility index (Phi) is 1.36. The van der Waals surface area contributed by atoms with E-state index in [1.54, 1.807) is 6.34 Å². The SMILES string of the molecule is C1=NC2C(=CN1)c1nccc3cccc2c13. The van der Waals surface area contributed by atoms with Crippen LogP contribution in [0.2, 0.25) is 0 Å². The van der Waals surface area contributed by atoms with Crippen molar-refractivity contribution in [2.24, 2.45) is 4.99 Å². The van der Waals surface area contributed by atoms with Crippen LogP contribution in [-0.2, 0) is 0 Å². The summed E-state index contributed by atoms with van der Waals surface area (Å²) >= 11 is 0. The first kappa shape index (κ1) is 8.05. The zero-order valence-electron chi connectivity index (χ0n) is 8.51. The quantitative estimate of drug-likeness (QED) is 0.719. The van der Waals surface area contributed by atoms with Gasteiger partial charge in [0, 0.05) is 23.4 Å². The van der Waals surface area contributed by atoms with Gasteiger partial charge in [-0.05, 0) is 17.0 Å². The second-order valence-electron chi connectivity index (χ2n) is 4.05. The summed E-state index contributed by atoms with van der Waals surface area (Å²) < 4.78 is 0. The highest BCUT2D eigenvalue weighted by Gasteiger charge is 2.30. The van der Waals surface area contributed by atoms with Crippen LogP contribution in [0.5, 0.6) is 0 Å². The van der Waals surface area contributed by atoms with Gasteiger partial charge in [-0.3, -0.25) is 9.98 Å². The maximum absolute atomic E-state index is 4.49. The first-order chi connectivity index (χ1) is 7.95. The van der Waals surface area contributed by atoms with Crippen LogP contribution in [-0.4, -0.2) is 11.3 Å². The number of aliphatic imine (C=N–C) groups is 1. The van der Waals surface area contributed by atoms with Gasteiger partial charge >= 0.3 is 0 Å². The molecule has 0 radical (unpaired) electrons. The molecule has 3 nitrogen and oxygen atoms in total. The molecule has 0 fully saturated rings. The third-order valence-corrected chi connectivity index (χ3v) is 3.22. The van der Waals surface area contributed by atoms with E-state index in [1.807, 2.05) is 12.4 Å². The number of hydrogen-bond donors (Lipinski definition) is 1. The first-order valence-electron chi connectivity index (χ1n) is 5.31. The van der Waals surface area contributed by atoms with Crippen LogP contribution in [0, 0.1) is 0 Å². The molecule has 0 amide bonds. The summed E-state index contributed by atoms with van der Waals surface area (Å²) in [6, 6.07) is 8.54. The van der Waals surface area contributed by atoms with Gasteiger partial charge in [0.05, 0.1) is 12.0 Å². The second-order valence-corrected chi connectivity index (χ2v) is 4.05. The topological polar surface area (TPSA) is 37.3 Å². The highest BCUT2D eigenvalue weighted by molar-refractivity contribution is 6.02. The average Bonchev–Trinajstić information content (AvgIpc) is 2.68. The minimum absolute atomic E-state index is 0.134. The summed E-state index contributed by atoms with van der Waals surface area (Å²) in [5, 5.41) is 5.54. The van der Waals surface area contributed by atoms with Gasteiger partial charge in [0.15, 0.2) is 0 Å². The molecule has 1 atom stereocenters. The van der Waals surface area contributed by atoms with Gasteiger partial charge in [-0.15, -0.1) is 0 Å². The Morgan fingerprint density at radius 3 is 3.19 bits per heavy atom. The molecule has 0 saturated heterocycles. The summed E-state index contributed by atoms with van der Waals surface area (Å²) in [5.41, 5.74) is 3.52. The standard InChI is InChI=1S/C13H9N3/c1-2-8-4-5-15-13-10-6-14-7-16-12(10)9(3-1)11(8)13/h1-7,12H,(H,14,16). The Morgan fingerprint density at radius 2 is 2.19 bits per heavy atom. The van der Waals surface area contributed by atoms with E-state index < -0.39 is 0 Å². The average molecular weight is 207 g/mol. The Balaban J connectivity index is 2.19. The number of nitrogens with one attached hydrogen (secondary N) is 1. The van der Waals surface area contributed by atoms with Crippen LogP contribution in [0.1, 0.15) is 17.3 Å². The van der Waals surface area contributed by atoms with E-state index in [0.717, 1.165) is 5.69 Å². The summed E-state index contributed by atoms with van der Waals surface area (Å²) in [7, 11) is 0. The van der Waals surface area contributed by atoms with Crippen LogP contribution in [0.3, 0.4) is 0 Å². The summed E-state index contributed by atoms with van der Waals surface area (Å²) in [6.07, 6.45) is 5.61. The molecule has 1 aliphatic heterocycles. The first-order valence-corrected chi connectivity index (χ1v) is 5.31. The molecule has 1 aliphatic carbocycles. The zero-order chi connectivity index (χ0) is 10.5. The molecule has 0 bridgehead atoms. The van der Waals surface area contributed by atoms with Crippen molar-refractivity contribution in [3.05, 3.63) is 47.9 Å². The van der Waals surface area contributed by atoms with Crippen LogP contribution in [0.25, 0.3) is 16.3 Å². The van der Waals surface area contributed by atoms with E-state index in [4.69, 9.17) is 0 Å². The molecule has 2 aliphatic rings. The summed E-state index contributed by atoms with van der Waals surface area (Å²) in [5.74, 6) is 0. The lowest BCUT2D eigenvalue weighted by Crippen LogP contribution is -2.10. The summed E-state index contributed by atoms with van der Waals surface area (Å²) in [6.45, 7) is 0. The Bertz CT molecular complexity index is 650. The van der Waals surface area contributed by atoms with Gasteiger partial charge in [-0.1, -0.05) is 18.2 Å². The lowest BCUT2D eigenvalue weighted by atomic mass is 10.1. The minimum Gasteiger partial charge on any atom is -0.353 e. The molecule has 3 heteroatoms. The second kappa shape index (κ2) is 2.70. The van der Waals surface area contributed by atoms with E-state index in [2.05, 4.69) is 39.6 Å². The molecule has 1 unspecified atom stereocenters. The molecular formula is C13H9N3. The van der Waals surface area contributed by atoms with Gasteiger partial charge in [0.2, 0.25) is 0 Å². The van der Waals surface area contributed by atoms with Crippen LogP contribution < -0.4 is 5.32 Å². The van der Waals surface area contributed by atoms with Crippen molar-refractivity contribution in [2.45, 2.75) is 6.04 Å². The Hall–Kier alpha value is -2.16. The van der Waals surface area contributed by atoms with Crippen molar-refractivity contribution < 1.29 is 0 Å². The van der Waals surface area contributed by atoms with Crippen molar-refractivity contribution >= 4 is 22.7 Å². The van der Waals surface area contributed by atoms with Gasteiger partial charge in [-0.25, -0.2) is 0 Å². The maximum Gasteiger partial charge on any atom is 0.106 e. The smallest absolute Gasteiger partial charge is 0.106 e. The van der Waals surface area contributed by atoms with Crippen LogP contribution in [0.15, 0.2) is 41.7 Å². The highest BCUT2D eigenvalue weighted by Crippen LogP contribution is 2.45. The number of rotatable bonds is 0. The molecule has 1 N–H and O–H groups in total. The molecule has 76 valence electrons. The third kappa shape index (κ3) is 0.834. The van der Waals surface area contributed by atoms with Crippen molar-refractivity contribution in [3.8, 4) is 0 Å². The zero-order valence-corrected chi connectivity index (χ0v) is 8.51. The van der Waals surface area contributed by atoms with E-state index in [1.165, 1.54) is 21.9 Å². The Morgan fingerprint density at radius 1 is 1.19 bits per heavy atom. The van der Waals surface area contributed by atoms with E-state index in [9.17, 15) is 0 Å². The summed E-state index contributed by atoms with van der Waals surface area (Å²) in [4.78, 5) is 8.97. The molecule has 16 heavy (non-hydrogen) atoms. The number of pyridine rings is 1.